The van der Waals surface area contributed by atoms with Crippen LogP contribution < -0.4 is 9.47 Å². The van der Waals surface area contributed by atoms with Crippen LogP contribution in [0.1, 0.15) is 49.9 Å². The number of ether oxygens (including phenoxy) is 2. The molecule has 3 aromatic rings. The zero-order valence-electron chi connectivity index (χ0n) is 17.3. The van der Waals surface area contributed by atoms with Crippen molar-refractivity contribution in [2.45, 2.75) is 13.5 Å². The largest absolute Gasteiger partial charge is 0.489 e. The highest BCUT2D eigenvalue weighted by atomic mass is 16.5. The quantitative estimate of drug-likeness (QED) is 0.370. The second-order valence-electron chi connectivity index (χ2n) is 7.12. The molecule has 0 heterocycles. The molecule has 4 rings (SSSR count). The molecule has 0 saturated carbocycles. The number of carbonyl (C=O) groups is 2. The van der Waals surface area contributed by atoms with Gasteiger partial charge < -0.3 is 9.47 Å². The first-order valence-electron chi connectivity index (χ1n) is 10.1. The van der Waals surface area contributed by atoms with Gasteiger partial charge in [0, 0.05) is 16.7 Å². The van der Waals surface area contributed by atoms with E-state index in [-0.39, 0.29) is 23.7 Å². The van der Waals surface area contributed by atoms with Crippen LogP contribution in [0.2, 0.25) is 0 Å². The molecule has 31 heavy (non-hydrogen) atoms. The molecule has 154 valence electrons. The third-order valence-electron chi connectivity index (χ3n) is 5.09. The summed E-state index contributed by atoms with van der Waals surface area (Å²) in [4.78, 5) is 26.9. The maximum Gasteiger partial charge on any atom is 0.198 e. The summed E-state index contributed by atoms with van der Waals surface area (Å²) in [6.45, 7) is 6.07. The second-order valence-corrected chi connectivity index (χ2v) is 7.12. The van der Waals surface area contributed by atoms with Crippen LogP contribution in [0.15, 0.2) is 79.4 Å². The van der Waals surface area contributed by atoms with E-state index in [1.54, 1.807) is 30.3 Å². The van der Waals surface area contributed by atoms with E-state index in [9.17, 15) is 9.59 Å². The van der Waals surface area contributed by atoms with Crippen molar-refractivity contribution in [2.75, 3.05) is 6.61 Å². The van der Waals surface area contributed by atoms with Gasteiger partial charge in [0.05, 0.1) is 11.1 Å². The molecule has 1 aliphatic carbocycles. The summed E-state index contributed by atoms with van der Waals surface area (Å²) >= 11 is 0. The molecule has 0 spiro atoms. The van der Waals surface area contributed by atoms with E-state index in [1.165, 1.54) is 0 Å². The first kappa shape index (κ1) is 20.4. The fourth-order valence-electron chi connectivity index (χ4n) is 3.70. The van der Waals surface area contributed by atoms with Crippen LogP contribution >= 0.6 is 0 Å². The zero-order valence-corrected chi connectivity index (χ0v) is 17.3. The van der Waals surface area contributed by atoms with Crippen LogP contribution in [0.25, 0.3) is 6.08 Å². The van der Waals surface area contributed by atoms with Crippen LogP contribution in [-0.4, -0.2) is 18.2 Å². The van der Waals surface area contributed by atoms with Crippen molar-refractivity contribution in [2.24, 2.45) is 0 Å². The Kier molecular flexibility index (Phi) is 5.80. The molecule has 4 heteroatoms. The molecular weight excluding hydrogens is 388 g/mol. The average Bonchev–Trinajstić information content (AvgIpc) is 2.80. The Hall–Kier alpha value is -3.92. The van der Waals surface area contributed by atoms with E-state index in [2.05, 4.69) is 6.58 Å². The maximum absolute atomic E-state index is 13.5. The van der Waals surface area contributed by atoms with Gasteiger partial charge in [0.25, 0.3) is 0 Å². The van der Waals surface area contributed by atoms with E-state index in [0.717, 1.165) is 11.1 Å². The monoisotopic (exact) mass is 410 g/mol. The molecule has 0 amide bonds. The normalized spacial score (nSPS) is 12.4. The molecule has 0 saturated heterocycles. The molecule has 4 nitrogen and oxygen atoms in total. The Morgan fingerprint density at radius 1 is 0.839 bits per heavy atom. The molecule has 0 N–H and O–H groups in total. The van der Waals surface area contributed by atoms with E-state index in [0.29, 0.717) is 34.8 Å². The smallest absolute Gasteiger partial charge is 0.198 e. The van der Waals surface area contributed by atoms with E-state index < -0.39 is 0 Å². The number of ketones is 2. The van der Waals surface area contributed by atoms with Crippen LogP contribution in [0.3, 0.4) is 0 Å². The number of fused-ring (bicyclic) bond motifs is 2. The summed E-state index contributed by atoms with van der Waals surface area (Å²) in [6, 6.07) is 18.3. The lowest BCUT2D eigenvalue weighted by Crippen LogP contribution is -2.23. The highest BCUT2D eigenvalue weighted by Gasteiger charge is 2.35. The summed E-state index contributed by atoms with van der Waals surface area (Å²) in [5, 5.41) is 0. The van der Waals surface area contributed by atoms with Gasteiger partial charge >= 0.3 is 0 Å². The zero-order chi connectivity index (χ0) is 21.8. The number of benzene rings is 3. The van der Waals surface area contributed by atoms with Crippen molar-refractivity contribution in [1.82, 2.24) is 0 Å². The van der Waals surface area contributed by atoms with Gasteiger partial charge in [0.1, 0.15) is 24.7 Å². The van der Waals surface area contributed by atoms with Crippen molar-refractivity contribution >= 4 is 17.6 Å². The van der Waals surface area contributed by atoms with Crippen molar-refractivity contribution in [3.8, 4) is 11.5 Å². The van der Waals surface area contributed by atoms with E-state index in [4.69, 9.17) is 9.47 Å². The van der Waals surface area contributed by atoms with Gasteiger partial charge in [-0.1, -0.05) is 73.3 Å². The van der Waals surface area contributed by atoms with Gasteiger partial charge in [-0.3, -0.25) is 9.59 Å². The number of rotatable bonds is 7. The number of allylic oxidation sites excluding steroid dienone is 1. The predicted molar refractivity (Wildman–Crippen MR) is 121 cm³/mol. The van der Waals surface area contributed by atoms with Gasteiger partial charge in [-0.2, -0.15) is 0 Å². The van der Waals surface area contributed by atoms with Gasteiger partial charge in [0.2, 0.25) is 0 Å². The minimum atomic E-state index is -0.249. The first-order chi connectivity index (χ1) is 15.2. The van der Waals surface area contributed by atoms with Crippen molar-refractivity contribution in [3.05, 3.63) is 113 Å². The lowest BCUT2D eigenvalue weighted by Gasteiger charge is -2.23. The summed E-state index contributed by atoms with van der Waals surface area (Å²) in [6.07, 6.45) is 5.35. The number of hydrogen-bond donors (Lipinski definition) is 0. The Bertz CT molecular complexity index is 1190. The molecular formula is C27H22O4. The molecule has 0 atom stereocenters. The molecule has 1 aliphatic rings. The predicted octanol–water partition coefficient (Wildman–Crippen LogP) is 5.64. The minimum absolute atomic E-state index is 0.246. The molecule has 0 aliphatic heterocycles. The fourth-order valence-corrected chi connectivity index (χ4v) is 3.70. The van der Waals surface area contributed by atoms with Crippen molar-refractivity contribution < 1.29 is 19.1 Å². The van der Waals surface area contributed by atoms with Gasteiger partial charge in [-0.15, -0.1) is 0 Å². The third kappa shape index (κ3) is 3.80. The number of carbonyl (C=O) groups excluding carboxylic acids is 2. The summed E-state index contributed by atoms with van der Waals surface area (Å²) < 4.78 is 11.8. The van der Waals surface area contributed by atoms with Gasteiger partial charge in [-0.25, -0.2) is 0 Å². The van der Waals surface area contributed by atoms with Gasteiger partial charge in [0.15, 0.2) is 11.6 Å². The lowest BCUT2D eigenvalue weighted by molar-refractivity contribution is 0.0972. The first-order valence-corrected chi connectivity index (χ1v) is 10.1. The lowest BCUT2D eigenvalue weighted by atomic mass is 9.82. The molecule has 0 radical (unpaired) electrons. The minimum Gasteiger partial charge on any atom is -0.489 e. The summed E-state index contributed by atoms with van der Waals surface area (Å²) in [5.74, 6) is 0.301. The average molecular weight is 410 g/mol. The van der Waals surface area contributed by atoms with Crippen LogP contribution in [-0.2, 0) is 6.61 Å². The summed E-state index contributed by atoms with van der Waals surface area (Å²) in [7, 11) is 0. The Morgan fingerprint density at radius 3 is 2.32 bits per heavy atom. The topological polar surface area (TPSA) is 52.6 Å². The Morgan fingerprint density at radius 2 is 1.58 bits per heavy atom. The maximum atomic E-state index is 13.5. The van der Waals surface area contributed by atoms with E-state index >= 15 is 0 Å². The SMILES string of the molecule is C=CCOc1cccc2c1C(=O)c1ccc(/C=C/C)c(OCc3ccccc3)c1C2=O. The molecule has 0 fully saturated rings. The van der Waals surface area contributed by atoms with Crippen LogP contribution in [0.5, 0.6) is 11.5 Å². The molecule has 0 aromatic heterocycles. The van der Waals surface area contributed by atoms with Gasteiger partial charge in [-0.05, 0) is 24.6 Å². The highest BCUT2D eigenvalue weighted by molar-refractivity contribution is 6.30. The standard InChI is InChI=1S/C27H22O4/c1-3-9-19-14-15-21-24(27(19)31-17-18-10-6-5-7-11-18)26(29)20-12-8-13-22(30-16-4-2)23(20)25(21)28/h3-15H,2,16-17H2,1H3/b9-3+. The number of hydrogen-bond acceptors (Lipinski definition) is 4. The highest BCUT2D eigenvalue weighted by Crippen LogP contribution is 2.39. The summed E-state index contributed by atoms with van der Waals surface area (Å²) in [5.41, 5.74) is 2.95. The second kappa shape index (κ2) is 8.84. The molecule has 0 bridgehead atoms. The van der Waals surface area contributed by atoms with Crippen LogP contribution in [0, 0.1) is 0 Å². The Labute approximate surface area is 181 Å². The van der Waals surface area contributed by atoms with Crippen LogP contribution in [0.4, 0.5) is 0 Å². The fraction of sp³-hybridized carbons (Fsp3) is 0.111. The third-order valence-corrected chi connectivity index (χ3v) is 5.09. The van der Waals surface area contributed by atoms with E-state index in [1.807, 2.05) is 55.5 Å². The Balaban J connectivity index is 1.83. The van der Waals surface area contributed by atoms with Crippen molar-refractivity contribution in [1.29, 1.82) is 0 Å². The molecule has 0 unspecified atom stereocenters. The molecule has 3 aromatic carbocycles. The van der Waals surface area contributed by atoms with Crippen molar-refractivity contribution in [3.63, 3.8) is 0 Å².